The Morgan fingerprint density at radius 2 is 2.35 bits per heavy atom. The van der Waals surface area contributed by atoms with Crippen LogP contribution in [0.4, 0.5) is 11.5 Å². The first kappa shape index (κ1) is 14.9. The predicted octanol–water partition coefficient (Wildman–Crippen LogP) is 2.54. The number of pyridine rings is 1. The molecule has 5 heteroatoms. The molecule has 1 fully saturated rings. The number of nitrogen functional groups attached to an aromatic ring is 1. The van der Waals surface area contributed by atoms with Crippen LogP contribution in [0.25, 0.3) is 0 Å². The van der Waals surface area contributed by atoms with E-state index in [1.165, 1.54) is 6.42 Å². The lowest BCUT2D eigenvalue weighted by molar-refractivity contribution is 0.0595. The molecule has 2 rings (SSSR count). The smallest absolute Gasteiger partial charge is 0.239 e. The second-order valence-corrected chi connectivity index (χ2v) is 5.76. The molecule has 112 valence electrons. The Labute approximate surface area is 120 Å². The maximum atomic E-state index is 5.88. The Kier molecular flexibility index (Phi) is 5.47. The Bertz CT molecular complexity index is 418. The number of nitrogens with one attached hydrogen (secondary N) is 1. The van der Waals surface area contributed by atoms with Crippen molar-refractivity contribution in [3.05, 3.63) is 12.1 Å². The highest BCUT2D eigenvalue weighted by molar-refractivity contribution is 5.53. The topological polar surface area (TPSA) is 69.4 Å². The number of nitrogens with zero attached hydrogens (tertiary/aromatic N) is 1. The van der Waals surface area contributed by atoms with Crippen molar-refractivity contribution in [2.75, 3.05) is 37.4 Å². The van der Waals surface area contributed by atoms with E-state index in [4.69, 9.17) is 15.2 Å². The van der Waals surface area contributed by atoms with Gasteiger partial charge in [0.05, 0.1) is 18.9 Å². The van der Waals surface area contributed by atoms with E-state index < -0.39 is 0 Å². The van der Waals surface area contributed by atoms with Crippen LogP contribution in [0.3, 0.4) is 0 Å². The molecule has 0 bridgehead atoms. The zero-order valence-electron chi connectivity index (χ0n) is 12.4. The van der Waals surface area contributed by atoms with E-state index in [1.54, 1.807) is 0 Å². The molecule has 2 heterocycles. The van der Waals surface area contributed by atoms with Gasteiger partial charge in [0.15, 0.2) is 0 Å². The van der Waals surface area contributed by atoms with Crippen LogP contribution >= 0.6 is 0 Å². The summed E-state index contributed by atoms with van der Waals surface area (Å²) in [6, 6.07) is 3.73. The molecular formula is C15H25N3O2. The van der Waals surface area contributed by atoms with E-state index in [-0.39, 0.29) is 0 Å². The normalized spacial score (nSPS) is 19.1. The fraction of sp³-hybridized carbons (Fsp3) is 0.667. The minimum atomic E-state index is 0.451. The van der Waals surface area contributed by atoms with Crippen molar-refractivity contribution in [2.24, 2.45) is 11.8 Å². The van der Waals surface area contributed by atoms with Gasteiger partial charge in [0.2, 0.25) is 5.88 Å². The third-order valence-corrected chi connectivity index (χ3v) is 3.27. The van der Waals surface area contributed by atoms with Crippen molar-refractivity contribution < 1.29 is 9.47 Å². The maximum absolute atomic E-state index is 5.88. The second-order valence-electron chi connectivity index (χ2n) is 5.76. The average Bonchev–Trinajstić information content (AvgIpc) is 2.46. The van der Waals surface area contributed by atoms with Crippen LogP contribution in [-0.4, -0.2) is 31.3 Å². The summed E-state index contributed by atoms with van der Waals surface area (Å²) in [6.45, 7) is 7.42. The largest absolute Gasteiger partial charge is 0.476 e. The van der Waals surface area contributed by atoms with Gasteiger partial charge in [-0.3, -0.25) is 0 Å². The predicted molar refractivity (Wildman–Crippen MR) is 81.0 cm³/mol. The van der Waals surface area contributed by atoms with E-state index in [0.29, 0.717) is 30.0 Å². The van der Waals surface area contributed by atoms with Gasteiger partial charge < -0.3 is 20.5 Å². The SMILES string of the molecule is CC(C)COc1nc(NCC2CCCOC2)ccc1N. The zero-order chi connectivity index (χ0) is 14.4. The number of rotatable bonds is 6. The van der Waals surface area contributed by atoms with Crippen LogP contribution in [0, 0.1) is 11.8 Å². The fourth-order valence-electron chi connectivity index (χ4n) is 2.13. The van der Waals surface area contributed by atoms with Gasteiger partial charge in [0.1, 0.15) is 5.82 Å². The molecule has 0 radical (unpaired) electrons. The summed E-state index contributed by atoms with van der Waals surface area (Å²) in [5.41, 5.74) is 6.46. The molecule has 20 heavy (non-hydrogen) atoms. The van der Waals surface area contributed by atoms with Crippen molar-refractivity contribution in [1.82, 2.24) is 4.98 Å². The van der Waals surface area contributed by atoms with Crippen molar-refractivity contribution in [3.63, 3.8) is 0 Å². The van der Waals surface area contributed by atoms with Crippen molar-refractivity contribution >= 4 is 11.5 Å². The van der Waals surface area contributed by atoms with Crippen molar-refractivity contribution in [1.29, 1.82) is 0 Å². The highest BCUT2D eigenvalue weighted by Gasteiger charge is 2.14. The summed E-state index contributed by atoms with van der Waals surface area (Å²) in [5.74, 6) is 2.34. The summed E-state index contributed by atoms with van der Waals surface area (Å²) < 4.78 is 11.1. The minimum absolute atomic E-state index is 0.451. The van der Waals surface area contributed by atoms with Gasteiger partial charge in [-0.25, -0.2) is 0 Å². The van der Waals surface area contributed by atoms with E-state index in [2.05, 4.69) is 24.1 Å². The van der Waals surface area contributed by atoms with Gasteiger partial charge in [-0.15, -0.1) is 0 Å². The highest BCUT2D eigenvalue weighted by atomic mass is 16.5. The van der Waals surface area contributed by atoms with E-state index in [1.807, 2.05) is 12.1 Å². The fourth-order valence-corrected chi connectivity index (χ4v) is 2.13. The molecule has 0 spiro atoms. The van der Waals surface area contributed by atoms with Gasteiger partial charge in [-0.1, -0.05) is 13.8 Å². The summed E-state index contributed by atoms with van der Waals surface area (Å²) in [7, 11) is 0. The zero-order valence-corrected chi connectivity index (χ0v) is 12.4. The van der Waals surface area contributed by atoms with Crippen LogP contribution < -0.4 is 15.8 Å². The molecule has 1 saturated heterocycles. The summed E-state index contributed by atoms with van der Waals surface area (Å²) in [6.07, 6.45) is 2.35. The van der Waals surface area contributed by atoms with Crippen LogP contribution in [0.15, 0.2) is 12.1 Å². The van der Waals surface area contributed by atoms with Crippen LogP contribution in [-0.2, 0) is 4.74 Å². The molecule has 1 aromatic heterocycles. The summed E-state index contributed by atoms with van der Waals surface area (Å²) >= 11 is 0. The standard InChI is InChI=1S/C15H25N3O2/c1-11(2)9-20-15-13(16)5-6-14(18-15)17-8-12-4-3-7-19-10-12/h5-6,11-12H,3-4,7-10,16H2,1-2H3,(H,17,18). The molecule has 0 saturated carbocycles. The van der Waals surface area contributed by atoms with Crippen LogP contribution in [0.1, 0.15) is 26.7 Å². The van der Waals surface area contributed by atoms with Crippen LogP contribution in [0.2, 0.25) is 0 Å². The number of anilines is 2. The van der Waals surface area contributed by atoms with Crippen LogP contribution in [0.5, 0.6) is 5.88 Å². The first-order valence-corrected chi connectivity index (χ1v) is 7.36. The van der Waals surface area contributed by atoms with E-state index in [9.17, 15) is 0 Å². The number of nitrogens with two attached hydrogens (primary N) is 1. The minimum Gasteiger partial charge on any atom is -0.476 e. The maximum Gasteiger partial charge on any atom is 0.239 e. The summed E-state index contributed by atoms with van der Waals surface area (Å²) in [4.78, 5) is 4.43. The molecule has 0 aliphatic carbocycles. The first-order chi connectivity index (χ1) is 9.65. The molecule has 0 aromatic carbocycles. The van der Waals surface area contributed by atoms with Gasteiger partial charge in [-0.05, 0) is 36.8 Å². The molecular weight excluding hydrogens is 254 g/mol. The van der Waals surface area contributed by atoms with E-state index in [0.717, 1.165) is 32.0 Å². The van der Waals surface area contributed by atoms with Crippen molar-refractivity contribution in [2.45, 2.75) is 26.7 Å². The molecule has 1 aromatic rings. The Morgan fingerprint density at radius 3 is 3.05 bits per heavy atom. The molecule has 1 unspecified atom stereocenters. The molecule has 5 nitrogen and oxygen atoms in total. The highest BCUT2D eigenvalue weighted by Crippen LogP contribution is 2.22. The Hall–Kier alpha value is -1.49. The number of aromatic nitrogens is 1. The monoisotopic (exact) mass is 279 g/mol. The lowest BCUT2D eigenvalue weighted by Crippen LogP contribution is -2.24. The summed E-state index contributed by atoms with van der Waals surface area (Å²) in [5, 5.41) is 3.34. The van der Waals surface area contributed by atoms with Gasteiger partial charge in [0.25, 0.3) is 0 Å². The third kappa shape index (κ3) is 4.56. The van der Waals surface area contributed by atoms with Gasteiger partial charge in [-0.2, -0.15) is 4.98 Å². The Morgan fingerprint density at radius 1 is 1.50 bits per heavy atom. The van der Waals surface area contributed by atoms with Gasteiger partial charge >= 0.3 is 0 Å². The quantitative estimate of drug-likeness (QED) is 0.837. The number of hydrogen-bond acceptors (Lipinski definition) is 5. The van der Waals surface area contributed by atoms with E-state index >= 15 is 0 Å². The molecule has 0 amide bonds. The first-order valence-electron chi connectivity index (χ1n) is 7.36. The molecule has 1 aliphatic rings. The molecule has 3 N–H and O–H groups in total. The average molecular weight is 279 g/mol. The molecule has 1 aliphatic heterocycles. The lowest BCUT2D eigenvalue weighted by Gasteiger charge is -2.22. The van der Waals surface area contributed by atoms with Crippen molar-refractivity contribution in [3.8, 4) is 5.88 Å². The number of hydrogen-bond donors (Lipinski definition) is 2. The second kappa shape index (κ2) is 7.33. The number of ether oxygens (including phenoxy) is 2. The lowest BCUT2D eigenvalue weighted by atomic mass is 10.0. The molecule has 1 atom stereocenters. The van der Waals surface area contributed by atoms with Gasteiger partial charge in [0, 0.05) is 13.2 Å². The Balaban J connectivity index is 1.89. The third-order valence-electron chi connectivity index (χ3n) is 3.27.